The number of rotatable bonds is 8. The molecule has 188 valence electrons. The highest BCUT2D eigenvalue weighted by molar-refractivity contribution is 5.86. The van der Waals surface area contributed by atoms with Gasteiger partial charge in [-0.2, -0.15) is 0 Å². The number of benzene rings is 2. The van der Waals surface area contributed by atoms with Crippen molar-refractivity contribution in [3.8, 4) is 0 Å². The first-order valence-electron chi connectivity index (χ1n) is 12.9. The van der Waals surface area contributed by atoms with Gasteiger partial charge in [0, 0.05) is 49.1 Å². The van der Waals surface area contributed by atoms with Crippen molar-refractivity contribution in [2.24, 2.45) is 11.7 Å². The second-order valence-electron chi connectivity index (χ2n) is 10.3. The van der Waals surface area contributed by atoms with E-state index in [1.165, 1.54) is 22.3 Å². The van der Waals surface area contributed by atoms with Crippen molar-refractivity contribution in [1.29, 1.82) is 0 Å². The fourth-order valence-electron chi connectivity index (χ4n) is 5.65. The van der Waals surface area contributed by atoms with E-state index in [1.807, 2.05) is 18.3 Å². The van der Waals surface area contributed by atoms with Gasteiger partial charge in [0.25, 0.3) is 0 Å². The number of nitrogens with two attached hydrogens (primary N) is 1. The maximum Gasteiger partial charge on any atom is 0.140 e. The Morgan fingerprint density at radius 2 is 1.81 bits per heavy atom. The number of hydrogen-bond donors (Lipinski definition) is 1. The maximum atomic E-state index is 13.4. The van der Waals surface area contributed by atoms with Crippen molar-refractivity contribution in [3.63, 3.8) is 0 Å². The van der Waals surface area contributed by atoms with E-state index in [-0.39, 0.29) is 18.3 Å². The normalized spacial score (nSPS) is 18.5. The molecule has 0 bridgehead atoms. The first-order valence-corrected chi connectivity index (χ1v) is 12.9. The van der Waals surface area contributed by atoms with Crippen LogP contribution in [0.15, 0.2) is 79.1 Å². The number of aryl methyl sites for hydroxylation is 1. The monoisotopic (exact) mass is 501 g/mol. The molecule has 1 aliphatic rings. The minimum absolute atomic E-state index is 0. The molecule has 0 saturated heterocycles. The molecule has 0 amide bonds. The molecule has 2 aromatic carbocycles. The summed E-state index contributed by atoms with van der Waals surface area (Å²) in [5.74, 6) is 0.836. The van der Waals surface area contributed by atoms with Gasteiger partial charge in [0.1, 0.15) is 11.4 Å². The Labute approximate surface area is 220 Å². The lowest BCUT2D eigenvalue weighted by Crippen LogP contribution is -2.27. The Hall–Kier alpha value is -2.95. The van der Waals surface area contributed by atoms with Crippen LogP contribution in [0.25, 0.3) is 11.0 Å². The zero-order valence-electron chi connectivity index (χ0n) is 21.0. The Morgan fingerprint density at radius 3 is 2.56 bits per heavy atom. The largest absolute Gasteiger partial charge is 0.328 e. The van der Waals surface area contributed by atoms with Crippen molar-refractivity contribution in [2.75, 3.05) is 0 Å². The molecule has 4 nitrogen and oxygen atoms in total. The summed E-state index contributed by atoms with van der Waals surface area (Å²) in [5.41, 5.74) is 11.9. The molecule has 0 spiro atoms. The van der Waals surface area contributed by atoms with Crippen LogP contribution in [-0.4, -0.2) is 21.4 Å². The fraction of sp³-hybridized carbons (Fsp3) is 0.355. The second kappa shape index (κ2) is 11.9. The number of aromatic nitrogens is 2. The molecule has 1 aliphatic carbocycles. The number of carbonyl (C=O) groups excluding carboxylic acids is 1. The molecular formula is C31H36ClN3O. The Balaban J connectivity index is 0.00000304. The Bertz CT molecular complexity index is 1290. The highest BCUT2D eigenvalue weighted by Gasteiger charge is 2.26. The average Bonchev–Trinajstić information content (AvgIpc) is 3.23. The molecule has 1 fully saturated rings. The molecule has 1 unspecified atom stereocenters. The fourth-order valence-corrected chi connectivity index (χ4v) is 5.65. The summed E-state index contributed by atoms with van der Waals surface area (Å²) in [6, 6.07) is 23.6. The third-order valence-corrected chi connectivity index (χ3v) is 7.52. The van der Waals surface area contributed by atoms with E-state index >= 15 is 0 Å². The molecule has 1 saturated carbocycles. The summed E-state index contributed by atoms with van der Waals surface area (Å²) in [5, 5.41) is 1.13. The number of Topliss-reactive ketones (excluding diaryl/α,β-unsaturated/α-hetero) is 1. The number of pyridine rings is 1. The zero-order valence-corrected chi connectivity index (χ0v) is 21.8. The van der Waals surface area contributed by atoms with Crippen LogP contribution in [0.3, 0.4) is 0 Å². The lowest BCUT2D eigenvalue weighted by atomic mass is 9.80. The maximum absolute atomic E-state index is 13.4. The van der Waals surface area contributed by atoms with E-state index in [2.05, 4.69) is 72.3 Å². The predicted molar refractivity (Wildman–Crippen MR) is 150 cm³/mol. The van der Waals surface area contributed by atoms with Crippen LogP contribution in [-0.2, 0) is 11.3 Å². The smallest absolute Gasteiger partial charge is 0.140 e. The van der Waals surface area contributed by atoms with Crippen molar-refractivity contribution >= 4 is 29.2 Å². The highest BCUT2D eigenvalue weighted by Crippen LogP contribution is 2.36. The molecule has 4 aromatic rings. The Kier molecular flexibility index (Phi) is 8.60. The van der Waals surface area contributed by atoms with Crippen LogP contribution in [0.4, 0.5) is 0 Å². The van der Waals surface area contributed by atoms with Crippen LogP contribution in [0.1, 0.15) is 66.7 Å². The SMILES string of the molecule is Cc1cccc(C(CC(=O)CC2CCC(N)CC2)c2cn(Cc3ccccc3)c3ncccc23)c1.Cl. The number of nitrogens with zero attached hydrogens (tertiary/aromatic N) is 2. The van der Waals surface area contributed by atoms with Crippen LogP contribution < -0.4 is 5.73 Å². The molecule has 36 heavy (non-hydrogen) atoms. The highest BCUT2D eigenvalue weighted by atomic mass is 35.5. The summed E-state index contributed by atoms with van der Waals surface area (Å²) in [4.78, 5) is 18.2. The van der Waals surface area contributed by atoms with Gasteiger partial charge in [-0.05, 0) is 67.3 Å². The summed E-state index contributed by atoms with van der Waals surface area (Å²) in [6.45, 7) is 2.87. The number of hydrogen-bond acceptors (Lipinski definition) is 3. The van der Waals surface area contributed by atoms with Crippen LogP contribution in [0, 0.1) is 12.8 Å². The summed E-state index contributed by atoms with van der Waals surface area (Å²) < 4.78 is 2.23. The standard InChI is InChI=1S/C31H35N3O.ClH/c1-22-7-5-10-25(17-22)29(19-27(35)18-23-12-14-26(32)15-13-23)30-21-34(20-24-8-3-2-4-9-24)31-28(30)11-6-16-33-31;/h2-11,16-17,21,23,26,29H,12-15,18-20,32H2,1H3;1H. The summed E-state index contributed by atoms with van der Waals surface area (Å²) in [6.07, 6.45) is 9.49. The summed E-state index contributed by atoms with van der Waals surface area (Å²) >= 11 is 0. The molecule has 5 rings (SSSR count). The first kappa shape index (κ1) is 26.1. The van der Waals surface area contributed by atoms with Crippen molar-refractivity contribution in [2.45, 2.75) is 64.0 Å². The second-order valence-corrected chi connectivity index (χ2v) is 10.3. The van der Waals surface area contributed by atoms with Crippen molar-refractivity contribution in [1.82, 2.24) is 9.55 Å². The quantitative estimate of drug-likeness (QED) is 0.288. The van der Waals surface area contributed by atoms with Gasteiger partial charge in [0.2, 0.25) is 0 Å². The van der Waals surface area contributed by atoms with Gasteiger partial charge in [-0.25, -0.2) is 4.98 Å². The van der Waals surface area contributed by atoms with Gasteiger partial charge < -0.3 is 10.3 Å². The van der Waals surface area contributed by atoms with E-state index < -0.39 is 0 Å². The minimum atomic E-state index is 0. The van der Waals surface area contributed by atoms with E-state index in [0.29, 0.717) is 30.6 Å². The molecular weight excluding hydrogens is 466 g/mol. The van der Waals surface area contributed by atoms with E-state index in [0.717, 1.165) is 43.3 Å². The molecule has 2 aromatic heterocycles. The number of halogens is 1. The van der Waals surface area contributed by atoms with E-state index in [1.54, 1.807) is 0 Å². The topological polar surface area (TPSA) is 60.9 Å². The number of fused-ring (bicyclic) bond motifs is 1. The van der Waals surface area contributed by atoms with Crippen LogP contribution in [0.2, 0.25) is 0 Å². The van der Waals surface area contributed by atoms with Crippen molar-refractivity contribution < 1.29 is 4.79 Å². The number of ketones is 1. The van der Waals surface area contributed by atoms with Gasteiger partial charge in [-0.1, -0.05) is 60.2 Å². The average molecular weight is 502 g/mol. The van der Waals surface area contributed by atoms with Crippen LogP contribution in [0.5, 0.6) is 0 Å². The Morgan fingerprint density at radius 1 is 1.03 bits per heavy atom. The predicted octanol–water partition coefficient (Wildman–Crippen LogP) is 6.81. The van der Waals surface area contributed by atoms with Gasteiger partial charge in [0.05, 0.1) is 0 Å². The van der Waals surface area contributed by atoms with Crippen LogP contribution >= 0.6 is 12.4 Å². The molecule has 0 radical (unpaired) electrons. The van der Waals surface area contributed by atoms with E-state index in [9.17, 15) is 4.79 Å². The number of carbonyl (C=O) groups is 1. The van der Waals surface area contributed by atoms with Gasteiger partial charge in [-0.3, -0.25) is 4.79 Å². The lowest BCUT2D eigenvalue weighted by Gasteiger charge is -2.26. The molecule has 5 heteroatoms. The molecule has 0 aliphatic heterocycles. The van der Waals surface area contributed by atoms with Crippen molar-refractivity contribution in [3.05, 3.63) is 101 Å². The minimum Gasteiger partial charge on any atom is -0.328 e. The summed E-state index contributed by atoms with van der Waals surface area (Å²) in [7, 11) is 0. The third-order valence-electron chi connectivity index (χ3n) is 7.52. The van der Waals surface area contributed by atoms with E-state index in [4.69, 9.17) is 10.7 Å². The zero-order chi connectivity index (χ0) is 24.2. The van der Waals surface area contributed by atoms with Gasteiger partial charge >= 0.3 is 0 Å². The van der Waals surface area contributed by atoms with Gasteiger partial charge in [0.15, 0.2) is 0 Å². The third kappa shape index (κ3) is 6.05. The van der Waals surface area contributed by atoms with Gasteiger partial charge in [-0.15, -0.1) is 12.4 Å². The lowest BCUT2D eigenvalue weighted by molar-refractivity contribution is -0.120. The molecule has 1 atom stereocenters. The molecule has 2 heterocycles. The molecule has 2 N–H and O–H groups in total. The first-order chi connectivity index (χ1) is 17.1.